The molecule has 0 radical (unpaired) electrons. The third kappa shape index (κ3) is 4.69. The number of rotatable bonds is 4. The molecule has 0 fully saturated rings. The van der Waals surface area contributed by atoms with Crippen LogP contribution in [0.25, 0.3) is 0 Å². The van der Waals surface area contributed by atoms with E-state index in [1.54, 1.807) is 6.07 Å². The monoisotopic (exact) mass is 251 g/mol. The molecule has 1 unspecified atom stereocenters. The van der Waals surface area contributed by atoms with Gasteiger partial charge in [-0.15, -0.1) is 11.8 Å². The molecule has 0 aliphatic heterocycles. The maximum atomic E-state index is 12.1. The Morgan fingerprint density at radius 3 is 2.69 bits per heavy atom. The highest BCUT2D eigenvalue weighted by atomic mass is 32.2. The number of halogens is 3. The minimum absolute atomic E-state index is 0.413. The van der Waals surface area contributed by atoms with Crippen molar-refractivity contribution >= 4 is 17.6 Å². The number of alkyl halides is 3. The highest BCUT2D eigenvalue weighted by Gasteiger charge is 2.30. The quantitative estimate of drug-likeness (QED) is 0.659. The van der Waals surface area contributed by atoms with E-state index in [4.69, 9.17) is 0 Å². The zero-order chi connectivity index (χ0) is 12.2. The Morgan fingerprint density at radius 1 is 1.44 bits per heavy atom. The summed E-state index contributed by atoms with van der Waals surface area (Å²) in [7, 11) is 0. The van der Waals surface area contributed by atoms with Crippen LogP contribution in [0.4, 0.5) is 19.0 Å². The van der Waals surface area contributed by atoms with Gasteiger partial charge in [0.1, 0.15) is 17.2 Å². The van der Waals surface area contributed by atoms with E-state index >= 15 is 0 Å². The van der Waals surface area contributed by atoms with E-state index in [0.29, 0.717) is 5.82 Å². The van der Waals surface area contributed by atoms with Gasteiger partial charge in [-0.1, -0.05) is 0 Å². The Labute approximate surface area is 95.9 Å². The maximum Gasteiger partial charge on any atom is 0.391 e. The number of hydrogen-bond acceptors (Lipinski definition) is 4. The van der Waals surface area contributed by atoms with E-state index in [9.17, 15) is 13.2 Å². The molecule has 1 heterocycles. The topological polar surface area (TPSA) is 37.8 Å². The summed E-state index contributed by atoms with van der Waals surface area (Å²) >= 11 is 1.41. The molecule has 16 heavy (non-hydrogen) atoms. The van der Waals surface area contributed by atoms with Gasteiger partial charge in [0.05, 0.1) is 6.42 Å². The molecule has 0 aliphatic carbocycles. The first-order chi connectivity index (χ1) is 7.40. The minimum atomic E-state index is -4.16. The number of anilines is 1. The van der Waals surface area contributed by atoms with Gasteiger partial charge >= 0.3 is 6.18 Å². The van der Waals surface area contributed by atoms with Crippen LogP contribution in [-0.2, 0) is 0 Å². The predicted octanol–water partition coefficient (Wildman–Crippen LogP) is 2.95. The van der Waals surface area contributed by atoms with E-state index in [1.807, 2.05) is 6.26 Å². The van der Waals surface area contributed by atoms with Crippen LogP contribution in [0.15, 0.2) is 17.4 Å². The Morgan fingerprint density at radius 2 is 2.12 bits per heavy atom. The van der Waals surface area contributed by atoms with Gasteiger partial charge in [0.15, 0.2) is 0 Å². The molecule has 0 saturated carbocycles. The van der Waals surface area contributed by atoms with E-state index in [2.05, 4.69) is 15.3 Å². The molecule has 1 atom stereocenters. The lowest BCUT2D eigenvalue weighted by Crippen LogP contribution is -2.24. The summed E-state index contributed by atoms with van der Waals surface area (Å²) in [4.78, 5) is 7.78. The molecule has 0 saturated heterocycles. The second-order valence-electron chi connectivity index (χ2n) is 3.31. The summed E-state index contributed by atoms with van der Waals surface area (Å²) in [5.74, 6) is 0.413. The fraction of sp³-hybridized carbons (Fsp3) is 0.556. The number of aromatic nitrogens is 2. The van der Waals surface area contributed by atoms with Gasteiger partial charge in [-0.25, -0.2) is 9.97 Å². The first-order valence-corrected chi connectivity index (χ1v) is 5.82. The van der Waals surface area contributed by atoms with E-state index in [1.165, 1.54) is 25.0 Å². The van der Waals surface area contributed by atoms with Gasteiger partial charge in [-0.2, -0.15) is 13.2 Å². The van der Waals surface area contributed by atoms with Crippen LogP contribution < -0.4 is 5.32 Å². The predicted molar refractivity (Wildman–Crippen MR) is 57.6 cm³/mol. The fourth-order valence-electron chi connectivity index (χ4n) is 1.18. The SMILES string of the molecule is CSc1cc(NC(C)CC(F)(F)F)ncn1. The van der Waals surface area contributed by atoms with Gasteiger partial charge < -0.3 is 5.32 Å². The summed E-state index contributed by atoms with van der Waals surface area (Å²) in [5.41, 5.74) is 0. The van der Waals surface area contributed by atoms with Crippen LogP contribution in [0, 0.1) is 0 Å². The summed E-state index contributed by atoms with van der Waals surface area (Å²) < 4.78 is 36.2. The first kappa shape index (κ1) is 13.1. The standard InChI is InChI=1S/C9H12F3N3S/c1-6(4-9(10,11)12)15-7-3-8(16-2)14-5-13-7/h3,5-6H,4H2,1-2H3,(H,13,14,15). The lowest BCUT2D eigenvalue weighted by molar-refractivity contribution is -0.136. The summed E-state index contributed by atoms with van der Waals surface area (Å²) in [5, 5.41) is 3.41. The van der Waals surface area contributed by atoms with Crippen molar-refractivity contribution in [2.24, 2.45) is 0 Å². The second-order valence-corrected chi connectivity index (χ2v) is 4.14. The third-order valence-corrected chi connectivity index (χ3v) is 2.42. The molecule has 1 aromatic heterocycles. The highest BCUT2D eigenvalue weighted by Crippen LogP contribution is 2.23. The molecule has 1 aromatic rings. The smallest absolute Gasteiger partial charge is 0.367 e. The van der Waals surface area contributed by atoms with E-state index < -0.39 is 18.6 Å². The van der Waals surface area contributed by atoms with Crippen LogP contribution in [0.2, 0.25) is 0 Å². The molecule has 0 aliphatic rings. The minimum Gasteiger partial charge on any atom is -0.367 e. The lowest BCUT2D eigenvalue weighted by atomic mass is 10.2. The van der Waals surface area contributed by atoms with Crippen LogP contribution in [-0.4, -0.2) is 28.4 Å². The molecule has 7 heteroatoms. The maximum absolute atomic E-state index is 12.1. The fourth-order valence-corrected chi connectivity index (χ4v) is 1.56. The van der Waals surface area contributed by atoms with Gasteiger partial charge in [-0.05, 0) is 13.2 Å². The average Bonchev–Trinajstić information content (AvgIpc) is 2.15. The highest BCUT2D eigenvalue weighted by molar-refractivity contribution is 7.98. The van der Waals surface area contributed by atoms with Crippen molar-refractivity contribution in [2.75, 3.05) is 11.6 Å². The molecule has 90 valence electrons. The zero-order valence-electron chi connectivity index (χ0n) is 8.88. The van der Waals surface area contributed by atoms with Crippen molar-refractivity contribution in [3.05, 3.63) is 12.4 Å². The van der Waals surface area contributed by atoms with E-state index in [0.717, 1.165) is 5.03 Å². The lowest BCUT2D eigenvalue weighted by Gasteiger charge is -2.16. The van der Waals surface area contributed by atoms with Gasteiger partial charge in [0.2, 0.25) is 0 Å². The summed E-state index contributed by atoms with van der Waals surface area (Å²) in [6, 6.07) is 0.918. The van der Waals surface area contributed by atoms with Crippen LogP contribution in [0.3, 0.4) is 0 Å². The normalized spacial score (nSPS) is 13.6. The molecule has 0 aromatic carbocycles. The van der Waals surface area contributed by atoms with Crippen molar-refractivity contribution in [1.29, 1.82) is 0 Å². The number of nitrogens with one attached hydrogen (secondary N) is 1. The Balaban J connectivity index is 2.59. The summed E-state index contributed by atoms with van der Waals surface area (Å²) in [6.07, 6.45) is -1.88. The molecule has 0 bridgehead atoms. The van der Waals surface area contributed by atoms with Crippen molar-refractivity contribution < 1.29 is 13.2 Å². The zero-order valence-corrected chi connectivity index (χ0v) is 9.69. The largest absolute Gasteiger partial charge is 0.391 e. The van der Waals surface area contributed by atoms with Crippen LogP contribution in [0.5, 0.6) is 0 Å². The van der Waals surface area contributed by atoms with Crippen LogP contribution in [0.1, 0.15) is 13.3 Å². The molecule has 0 spiro atoms. The van der Waals surface area contributed by atoms with Gasteiger partial charge in [0, 0.05) is 12.1 Å². The van der Waals surface area contributed by atoms with E-state index in [-0.39, 0.29) is 0 Å². The van der Waals surface area contributed by atoms with Crippen molar-refractivity contribution in [3.63, 3.8) is 0 Å². The van der Waals surface area contributed by atoms with Gasteiger partial charge in [-0.3, -0.25) is 0 Å². The van der Waals surface area contributed by atoms with Crippen molar-refractivity contribution in [1.82, 2.24) is 9.97 Å². The Kier molecular flexibility index (Phi) is 4.40. The average molecular weight is 251 g/mol. The van der Waals surface area contributed by atoms with Crippen molar-refractivity contribution in [2.45, 2.75) is 30.6 Å². The molecule has 3 nitrogen and oxygen atoms in total. The first-order valence-electron chi connectivity index (χ1n) is 4.60. The molecule has 1 N–H and O–H groups in total. The van der Waals surface area contributed by atoms with Gasteiger partial charge in [0.25, 0.3) is 0 Å². The third-order valence-electron chi connectivity index (χ3n) is 1.78. The Bertz CT molecular complexity index is 343. The number of thioether (sulfide) groups is 1. The Hall–Kier alpha value is -0.980. The number of hydrogen-bond donors (Lipinski definition) is 1. The molecule has 0 amide bonds. The summed E-state index contributed by atoms with van der Waals surface area (Å²) in [6.45, 7) is 1.47. The molecular weight excluding hydrogens is 239 g/mol. The molecule has 1 rings (SSSR count). The second kappa shape index (κ2) is 5.38. The molecular formula is C9H12F3N3S. The number of nitrogens with zero attached hydrogens (tertiary/aromatic N) is 2. The van der Waals surface area contributed by atoms with Crippen LogP contribution >= 0.6 is 11.8 Å². The van der Waals surface area contributed by atoms with Crippen molar-refractivity contribution in [3.8, 4) is 0 Å².